The summed E-state index contributed by atoms with van der Waals surface area (Å²) in [6, 6.07) is 5.80. The van der Waals surface area contributed by atoms with Gasteiger partial charge in [-0.1, -0.05) is 13.3 Å². The van der Waals surface area contributed by atoms with Crippen LogP contribution in [0, 0.1) is 5.41 Å². The van der Waals surface area contributed by atoms with Crippen molar-refractivity contribution in [1.29, 1.82) is 5.41 Å². The SMILES string of the molecule is CCCC(=N)c1ccc(OC)c(OC2CCCC2)c1. The zero-order valence-corrected chi connectivity index (χ0v) is 11.9. The summed E-state index contributed by atoms with van der Waals surface area (Å²) >= 11 is 0. The first-order valence-corrected chi connectivity index (χ1v) is 7.17. The van der Waals surface area contributed by atoms with Gasteiger partial charge in [-0.2, -0.15) is 0 Å². The van der Waals surface area contributed by atoms with Crippen molar-refractivity contribution >= 4 is 5.71 Å². The van der Waals surface area contributed by atoms with Crippen molar-refractivity contribution in [3.63, 3.8) is 0 Å². The molecule has 0 aromatic heterocycles. The van der Waals surface area contributed by atoms with E-state index in [1.807, 2.05) is 18.2 Å². The Morgan fingerprint density at radius 2 is 2.00 bits per heavy atom. The highest BCUT2D eigenvalue weighted by molar-refractivity contribution is 5.98. The Morgan fingerprint density at radius 1 is 1.26 bits per heavy atom. The van der Waals surface area contributed by atoms with Gasteiger partial charge in [-0.3, -0.25) is 0 Å². The van der Waals surface area contributed by atoms with Crippen molar-refractivity contribution in [2.24, 2.45) is 0 Å². The van der Waals surface area contributed by atoms with Crippen LogP contribution in [0.5, 0.6) is 11.5 Å². The van der Waals surface area contributed by atoms with Gasteiger partial charge in [-0.05, 0) is 55.9 Å². The first kappa shape index (κ1) is 13.9. The van der Waals surface area contributed by atoms with Crippen molar-refractivity contribution in [1.82, 2.24) is 0 Å². The maximum absolute atomic E-state index is 8.04. The smallest absolute Gasteiger partial charge is 0.162 e. The van der Waals surface area contributed by atoms with Crippen LogP contribution in [0.15, 0.2) is 18.2 Å². The van der Waals surface area contributed by atoms with Gasteiger partial charge in [0, 0.05) is 5.71 Å². The Hall–Kier alpha value is -1.51. The number of benzene rings is 1. The molecule has 0 aliphatic heterocycles. The Kier molecular flexibility index (Phi) is 4.83. The normalized spacial score (nSPS) is 15.5. The highest BCUT2D eigenvalue weighted by atomic mass is 16.5. The first-order valence-electron chi connectivity index (χ1n) is 7.17. The van der Waals surface area contributed by atoms with Crippen LogP contribution in [0.1, 0.15) is 51.0 Å². The predicted molar refractivity (Wildman–Crippen MR) is 77.6 cm³/mol. The summed E-state index contributed by atoms with van der Waals surface area (Å²) in [6.07, 6.45) is 6.85. The summed E-state index contributed by atoms with van der Waals surface area (Å²) in [6.45, 7) is 2.09. The summed E-state index contributed by atoms with van der Waals surface area (Å²) < 4.78 is 11.4. The molecule has 1 aliphatic rings. The molecule has 0 heterocycles. The number of hydrogen-bond donors (Lipinski definition) is 1. The van der Waals surface area contributed by atoms with Crippen LogP contribution in [0.3, 0.4) is 0 Å². The summed E-state index contributed by atoms with van der Waals surface area (Å²) in [5.74, 6) is 1.55. The number of ether oxygens (including phenoxy) is 2. The van der Waals surface area contributed by atoms with Crippen molar-refractivity contribution in [2.45, 2.75) is 51.6 Å². The summed E-state index contributed by atoms with van der Waals surface area (Å²) in [7, 11) is 1.66. The Bertz CT molecular complexity index is 436. The van der Waals surface area contributed by atoms with Crippen molar-refractivity contribution in [3.8, 4) is 11.5 Å². The van der Waals surface area contributed by atoms with Crippen molar-refractivity contribution < 1.29 is 9.47 Å². The molecule has 1 aromatic rings. The number of nitrogens with one attached hydrogen (secondary N) is 1. The van der Waals surface area contributed by atoms with E-state index in [2.05, 4.69) is 6.92 Å². The zero-order chi connectivity index (χ0) is 13.7. The van der Waals surface area contributed by atoms with Gasteiger partial charge in [-0.25, -0.2) is 0 Å². The fourth-order valence-electron chi connectivity index (χ4n) is 2.54. The third-order valence-electron chi connectivity index (χ3n) is 3.61. The van der Waals surface area contributed by atoms with Gasteiger partial charge in [0.05, 0.1) is 13.2 Å². The molecular formula is C16H23NO2. The second-order valence-corrected chi connectivity index (χ2v) is 5.12. The predicted octanol–water partition coefficient (Wildman–Crippen LogP) is 4.18. The lowest BCUT2D eigenvalue weighted by Crippen LogP contribution is -2.12. The summed E-state index contributed by atoms with van der Waals surface area (Å²) in [4.78, 5) is 0. The Morgan fingerprint density at radius 3 is 2.63 bits per heavy atom. The molecule has 3 nitrogen and oxygen atoms in total. The summed E-state index contributed by atoms with van der Waals surface area (Å²) in [5, 5.41) is 8.04. The summed E-state index contributed by atoms with van der Waals surface area (Å²) in [5.41, 5.74) is 1.61. The lowest BCUT2D eigenvalue weighted by Gasteiger charge is -2.17. The number of hydrogen-bond acceptors (Lipinski definition) is 3. The Labute approximate surface area is 115 Å². The first-order chi connectivity index (χ1) is 9.24. The average Bonchev–Trinajstić information content (AvgIpc) is 2.92. The molecule has 0 saturated heterocycles. The minimum absolute atomic E-state index is 0.310. The third kappa shape index (κ3) is 3.49. The molecule has 1 N–H and O–H groups in total. The van der Waals surface area contributed by atoms with Crippen LogP contribution in [-0.2, 0) is 0 Å². The van der Waals surface area contributed by atoms with E-state index < -0.39 is 0 Å². The van der Waals surface area contributed by atoms with Gasteiger partial charge in [0.1, 0.15) is 0 Å². The quantitative estimate of drug-likeness (QED) is 0.780. The molecule has 1 saturated carbocycles. The standard InChI is InChI=1S/C16H23NO2/c1-3-6-14(17)12-9-10-15(18-2)16(11-12)19-13-7-4-5-8-13/h9-11,13,17H,3-8H2,1-2H3. The molecule has 0 amide bonds. The molecular weight excluding hydrogens is 238 g/mol. The molecule has 0 bridgehead atoms. The van der Waals surface area contributed by atoms with Gasteiger partial charge in [0.2, 0.25) is 0 Å². The van der Waals surface area contributed by atoms with Gasteiger partial charge >= 0.3 is 0 Å². The maximum atomic E-state index is 8.04. The molecule has 0 spiro atoms. The molecule has 104 valence electrons. The molecule has 1 fully saturated rings. The average molecular weight is 261 g/mol. The van der Waals surface area contributed by atoms with Gasteiger partial charge in [-0.15, -0.1) is 0 Å². The lowest BCUT2D eigenvalue weighted by molar-refractivity contribution is 0.201. The van der Waals surface area contributed by atoms with Crippen LogP contribution in [-0.4, -0.2) is 18.9 Å². The van der Waals surface area contributed by atoms with Crippen molar-refractivity contribution in [3.05, 3.63) is 23.8 Å². The minimum Gasteiger partial charge on any atom is -0.493 e. The van der Waals surface area contributed by atoms with Crippen molar-refractivity contribution in [2.75, 3.05) is 7.11 Å². The highest BCUT2D eigenvalue weighted by Gasteiger charge is 2.19. The molecule has 19 heavy (non-hydrogen) atoms. The van der Waals surface area contributed by atoms with E-state index in [4.69, 9.17) is 14.9 Å². The maximum Gasteiger partial charge on any atom is 0.162 e. The molecule has 0 radical (unpaired) electrons. The molecule has 1 aliphatic carbocycles. The number of methoxy groups -OCH3 is 1. The second kappa shape index (κ2) is 6.60. The fourth-order valence-corrected chi connectivity index (χ4v) is 2.54. The third-order valence-corrected chi connectivity index (χ3v) is 3.61. The largest absolute Gasteiger partial charge is 0.493 e. The van der Waals surface area contributed by atoms with Crippen LogP contribution in [0.4, 0.5) is 0 Å². The minimum atomic E-state index is 0.310. The molecule has 0 atom stereocenters. The van der Waals surface area contributed by atoms with Gasteiger partial charge < -0.3 is 14.9 Å². The monoisotopic (exact) mass is 261 g/mol. The molecule has 3 heteroatoms. The molecule has 1 aromatic carbocycles. The van der Waals surface area contributed by atoms with E-state index in [0.29, 0.717) is 11.8 Å². The zero-order valence-electron chi connectivity index (χ0n) is 11.9. The van der Waals surface area contributed by atoms with Crippen LogP contribution in [0.2, 0.25) is 0 Å². The molecule has 0 unspecified atom stereocenters. The molecule has 2 rings (SSSR count). The van der Waals surface area contributed by atoms with E-state index in [-0.39, 0.29) is 0 Å². The lowest BCUT2D eigenvalue weighted by atomic mass is 10.1. The van der Waals surface area contributed by atoms with Gasteiger partial charge in [0.25, 0.3) is 0 Å². The van der Waals surface area contributed by atoms with Crippen LogP contribution < -0.4 is 9.47 Å². The fraction of sp³-hybridized carbons (Fsp3) is 0.562. The van der Waals surface area contributed by atoms with Crippen LogP contribution in [0.25, 0.3) is 0 Å². The van der Waals surface area contributed by atoms with E-state index in [9.17, 15) is 0 Å². The highest BCUT2D eigenvalue weighted by Crippen LogP contribution is 2.32. The van der Waals surface area contributed by atoms with E-state index in [1.54, 1.807) is 7.11 Å². The number of rotatable bonds is 6. The van der Waals surface area contributed by atoms with E-state index in [1.165, 1.54) is 12.8 Å². The van der Waals surface area contributed by atoms with E-state index in [0.717, 1.165) is 42.7 Å². The topological polar surface area (TPSA) is 42.3 Å². The van der Waals surface area contributed by atoms with E-state index >= 15 is 0 Å². The van der Waals surface area contributed by atoms with Crippen LogP contribution >= 0.6 is 0 Å². The van der Waals surface area contributed by atoms with Gasteiger partial charge in [0.15, 0.2) is 11.5 Å². The Balaban J connectivity index is 2.17. The second-order valence-electron chi connectivity index (χ2n) is 5.12.